The highest BCUT2D eigenvalue weighted by molar-refractivity contribution is 7.99. The van der Waals surface area contributed by atoms with Crippen molar-refractivity contribution in [1.82, 2.24) is 4.90 Å². The molecule has 3 aromatic carbocycles. The van der Waals surface area contributed by atoms with Gasteiger partial charge in [-0.1, -0.05) is 48.5 Å². The van der Waals surface area contributed by atoms with Gasteiger partial charge in [0.1, 0.15) is 0 Å². The van der Waals surface area contributed by atoms with E-state index in [1.54, 1.807) is 0 Å². The van der Waals surface area contributed by atoms with Crippen LogP contribution in [0.25, 0.3) is 10.8 Å². The van der Waals surface area contributed by atoms with Crippen molar-refractivity contribution in [1.29, 1.82) is 0 Å². The zero-order valence-electron chi connectivity index (χ0n) is 14.5. The number of hydrogen-bond donors (Lipinski definition) is 0. The summed E-state index contributed by atoms with van der Waals surface area (Å²) in [6, 6.07) is 26.2. The van der Waals surface area contributed by atoms with E-state index in [9.17, 15) is 0 Å². The number of piperazine rings is 1. The predicted octanol–water partition coefficient (Wildman–Crippen LogP) is 4.75. The number of fused-ring (bicyclic) bond motifs is 1. The molecule has 0 bridgehead atoms. The minimum atomic E-state index is 1.12. The van der Waals surface area contributed by atoms with E-state index < -0.39 is 0 Å². The van der Waals surface area contributed by atoms with Crippen LogP contribution in [0.2, 0.25) is 0 Å². The molecule has 1 fully saturated rings. The van der Waals surface area contributed by atoms with E-state index in [0.29, 0.717) is 0 Å². The van der Waals surface area contributed by atoms with Gasteiger partial charge in [-0.15, -0.1) is 11.8 Å². The normalized spacial score (nSPS) is 15.6. The van der Waals surface area contributed by atoms with Gasteiger partial charge >= 0.3 is 0 Å². The predicted molar refractivity (Wildman–Crippen MR) is 110 cm³/mol. The molecule has 0 unspecified atom stereocenters. The summed E-state index contributed by atoms with van der Waals surface area (Å²) in [6.07, 6.45) is 0. The molecular weight excluding hydrogens is 324 g/mol. The number of anilines is 1. The standard InChI is InChI=1S/C22H24N2S/c1-2-8-22(9-3-1)25-17-16-23-12-14-24(15-13-23)21-11-10-19-6-4-5-7-20(19)18-21/h1-11,18H,12-17H2. The van der Waals surface area contributed by atoms with Crippen LogP contribution in [0.4, 0.5) is 5.69 Å². The Hall–Kier alpha value is -1.97. The lowest BCUT2D eigenvalue weighted by atomic mass is 10.1. The third-order valence-corrected chi connectivity index (χ3v) is 5.88. The molecule has 1 aliphatic rings. The van der Waals surface area contributed by atoms with Gasteiger partial charge in [-0.2, -0.15) is 0 Å². The first kappa shape index (κ1) is 16.5. The Morgan fingerprint density at radius 3 is 2.24 bits per heavy atom. The van der Waals surface area contributed by atoms with Crippen LogP contribution in [-0.4, -0.2) is 43.4 Å². The Morgan fingerprint density at radius 2 is 1.44 bits per heavy atom. The number of hydrogen-bond acceptors (Lipinski definition) is 3. The lowest BCUT2D eigenvalue weighted by Crippen LogP contribution is -2.47. The average Bonchev–Trinajstić information content (AvgIpc) is 2.69. The molecule has 1 aliphatic heterocycles. The maximum atomic E-state index is 2.59. The summed E-state index contributed by atoms with van der Waals surface area (Å²) in [7, 11) is 0. The topological polar surface area (TPSA) is 6.48 Å². The van der Waals surface area contributed by atoms with E-state index in [1.807, 2.05) is 11.8 Å². The summed E-state index contributed by atoms with van der Waals surface area (Å²) in [5.41, 5.74) is 1.36. The maximum absolute atomic E-state index is 2.59. The minimum Gasteiger partial charge on any atom is -0.369 e. The lowest BCUT2D eigenvalue weighted by Gasteiger charge is -2.36. The summed E-state index contributed by atoms with van der Waals surface area (Å²) in [5.74, 6) is 1.17. The molecule has 0 aromatic heterocycles. The largest absolute Gasteiger partial charge is 0.369 e. The Kier molecular flexibility index (Phi) is 5.24. The molecule has 0 aliphatic carbocycles. The Labute approximate surface area is 154 Å². The summed E-state index contributed by atoms with van der Waals surface area (Å²) in [4.78, 5) is 6.48. The zero-order chi connectivity index (χ0) is 16.9. The first-order chi connectivity index (χ1) is 12.4. The molecule has 0 radical (unpaired) electrons. The minimum absolute atomic E-state index is 1.12. The smallest absolute Gasteiger partial charge is 0.0373 e. The third-order valence-electron chi connectivity index (χ3n) is 4.89. The van der Waals surface area contributed by atoms with Crippen molar-refractivity contribution in [2.45, 2.75) is 4.90 Å². The van der Waals surface area contributed by atoms with Crippen LogP contribution in [0.1, 0.15) is 0 Å². The van der Waals surface area contributed by atoms with Crippen molar-refractivity contribution < 1.29 is 0 Å². The second-order valence-electron chi connectivity index (χ2n) is 6.52. The highest BCUT2D eigenvalue weighted by atomic mass is 32.2. The second kappa shape index (κ2) is 7.94. The lowest BCUT2D eigenvalue weighted by molar-refractivity contribution is 0.273. The molecule has 128 valence electrons. The number of benzene rings is 3. The van der Waals surface area contributed by atoms with Crippen LogP contribution in [0.15, 0.2) is 77.7 Å². The van der Waals surface area contributed by atoms with Gasteiger partial charge in [-0.05, 0) is 35.0 Å². The van der Waals surface area contributed by atoms with Crippen LogP contribution in [-0.2, 0) is 0 Å². The van der Waals surface area contributed by atoms with Crippen LogP contribution < -0.4 is 4.90 Å². The zero-order valence-corrected chi connectivity index (χ0v) is 15.3. The molecule has 1 saturated heterocycles. The second-order valence-corrected chi connectivity index (χ2v) is 7.69. The van der Waals surface area contributed by atoms with E-state index in [2.05, 4.69) is 82.6 Å². The van der Waals surface area contributed by atoms with E-state index in [1.165, 1.54) is 33.7 Å². The van der Waals surface area contributed by atoms with Gasteiger partial charge in [0.2, 0.25) is 0 Å². The third kappa shape index (κ3) is 4.17. The Morgan fingerprint density at radius 1 is 0.720 bits per heavy atom. The SMILES string of the molecule is c1ccc(SCCN2CCN(c3ccc4ccccc4c3)CC2)cc1. The Bertz CT molecular complexity index is 810. The van der Waals surface area contributed by atoms with Gasteiger partial charge in [0.15, 0.2) is 0 Å². The molecular formula is C22H24N2S. The first-order valence-corrected chi connectivity index (χ1v) is 10.0. The average molecular weight is 349 g/mol. The van der Waals surface area contributed by atoms with Crippen LogP contribution in [0, 0.1) is 0 Å². The Balaban J connectivity index is 1.28. The van der Waals surface area contributed by atoms with Gasteiger partial charge < -0.3 is 4.90 Å². The highest BCUT2D eigenvalue weighted by Crippen LogP contribution is 2.23. The number of thioether (sulfide) groups is 1. The molecule has 0 spiro atoms. The van der Waals surface area contributed by atoms with Gasteiger partial charge in [0.25, 0.3) is 0 Å². The summed E-state index contributed by atoms with van der Waals surface area (Å²) >= 11 is 1.96. The van der Waals surface area contributed by atoms with Gasteiger partial charge in [0.05, 0.1) is 0 Å². The van der Waals surface area contributed by atoms with Crippen molar-refractivity contribution in [2.75, 3.05) is 43.4 Å². The van der Waals surface area contributed by atoms with Crippen LogP contribution in [0.5, 0.6) is 0 Å². The van der Waals surface area contributed by atoms with Gasteiger partial charge in [-0.25, -0.2) is 0 Å². The quantitative estimate of drug-likeness (QED) is 0.614. The molecule has 1 heterocycles. The highest BCUT2D eigenvalue weighted by Gasteiger charge is 2.17. The summed E-state index contributed by atoms with van der Waals surface area (Å²) in [6.45, 7) is 5.72. The molecule has 25 heavy (non-hydrogen) atoms. The summed E-state index contributed by atoms with van der Waals surface area (Å²) in [5, 5.41) is 2.66. The van der Waals surface area contributed by atoms with Crippen molar-refractivity contribution in [3.05, 3.63) is 72.8 Å². The van der Waals surface area contributed by atoms with Crippen molar-refractivity contribution in [2.24, 2.45) is 0 Å². The van der Waals surface area contributed by atoms with Crippen molar-refractivity contribution in [3.63, 3.8) is 0 Å². The van der Waals surface area contributed by atoms with E-state index >= 15 is 0 Å². The molecule has 0 amide bonds. The molecule has 0 saturated carbocycles. The molecule has 4 rings (SSSR count). The number of rotatable bonds is 5. The summed E-state index contributed by atoms with van der Waals surface area (Å²) < 4.78 is 0. The molecule has 0 atom stereocenters. The molecule has 2 nitrogen and oxygen atoms in total. The van der Waals surface area contributed by atoms with Crippen LogP contribution >= 0.6 is 11.8 Å². The van der Waals surface area contributed by atoms with Gasteiger partial charge in [-0.3, -0.25) is 4.90 Å². The fourth-order valence-corrected chi connectivity index (χ4v) is 4.35. The van der Waals surface area contributed by atoms with Crippen molar-refractivity contribution >= 4 is 28.2 Å². The van der Waals surface area contributed by atoms with Crippen LogP contribution in [0.3, 0.4) is 0 Å². The molecule has 3 heteroatoms. The monoisotopic (exact) mass is 348 g/mol. The maximum Gasteiger partial charge on any atom is 0.0373 e. The van der Waals surface area contributed by atoms with Gasteiger partial charge in [0, 0.05) is 49.1 Å². The molecule has 0 N–H and O–H groups in total. The number of nitrogens with zero attached hydrogens (tertiary/aromatic N) is 2. The fraction of sp³-hybridized carbons (Fsp3) is 0.273. The fourth-order valence-electron chi connectivity index (χ4n) is 3.41. The van der Waals surface area contributed by atoms with Crippen molar-refractivity contribution in [3.8, 4) is 0 Å². The van der Waals surface area contributed by atoms with E-state index in [4.69, 9.17) is 0 Å². The van der Waals surface area contributed by atoms with E-state index in [0.717, 1.165) is 26.2 Å². The van der Waals surface area contributed by atoms with E-state index in [-0.39, 0.29) is 0 Å². The first-order valence-electron chi connectivity index (χ1n) is 9.02. The molecule has 3 aromatic rings.